The van der Waals surface area contributed by atoms with Crippen molar-refractivity contribution < 1.29 is 4.52 Å². The molecule has 108 valence electrons. The molecule has 0 fully saturated rings. The molecule has 0 saturated heterocycles. The predicted molar refractivity (Wildman–Crippen MR) is 83.1 cm³/mol. The summed E-state index contributed by atoms with van der Waals surface area (Å²) in [5.74, 6) is 1.35. The zero-order valence-electron chi connectivity index (χ0n) is 11.8. The van der Waals surface area contributed by atoms with Gasteiger partial charge in [0.05, 0.1) is 6.54 Å². The number of benzene rings is 1. The van der Waals surface area contributed by atoms with Gasteiger partial charge in [0.2, 0.25) is 5.89 Å². The molecule has 2 aromatic heterocycles. The number of hydrogen-bond donors (Lipinski definition) is 1. The molecule has 0 aliphatic rings. The highest BCUT2D eigenvalue weighted by Gasteiger charge is 2.10. The van der Waals surface area contributed by atoms with Crippen LogP contribution in [0.2, 0.25) is 0 Å². The van der Waals surface area contributed by atoms with Crippen LogP contribution in [0.4, 0.5) is 0 Å². The van der Waals surface area contributed by atoms with E-state index in [0.717, 1.165) is 5.82 Å². The van der Waals surface area contributed by atoms with Crippen molar-refractivity contribution in [2.24, 2.45) is 0 Å². The second-order valence-corrected chi connectivity index (χ2v) is 5.86. The van der Waals surface area contributed by atoms with Crippen LogP contribution in [0.1, 0.15) is 35.1 Å². The highest BCUT2D eigenvalue weighted by molar-refractivity contribution is 7.10. The zero-order chi connectivity index (χ0) is 14.5. The van der Waals surface area contributed by atoms with E-state index < -0.39 is 0 Å². The summed E-state index contributed by atoms with van der Waals surface area (Å²) in [5, 5.41) is 9.50. The first kappa shape index (κ1) is 14.0. The van der Waals surface area contributed by atoms with Gasteiger partial charge in [-0.1, -0.05) is 41.6 Å². The van der Waals surface area contributed by atoms with Gasteiger partial charge in [0.25, 0.3) is 0 Å². The SMILES string of the molecule is C[C@@H](NCc1nc(Cc2ccccc2)no1)c1cccs1. The summed E-state index contributed by atoms with van der Waals surface area (Å²) in [4.78, 5) is 5.73. The number of nitrogens with one attached hydrogen (secondary N) is 1. The lowest BCUT2D eigenvalue weighted by atomic mass is 10.1. The largest absolute Gasteiger partial charge is 0.338 e. The van der Waals surface area contributed by atoms with Crippen LogP contribution in [0.3, 0.4) is 0 Å². The molecule has 0 amide bonds. The molecule has 0 aliphatic heterocycles. The van der Waals surface area contributed by atoms with E-state index in [1.807, 2.05) is 18.2 Å². The molecule has 0 unspecified atom stereocenters. The maximum absolute atomic E-state index is 5.28. The molecule has 3 rings (SSSR count). The number of aromatic nitrogens is 2. The van der Waals surface area contributed by atoms with E-state index in [9.17, 15) is 0 Å². The second kappa shape index (κ2) is 6.65. The smallest absolute Gasteiger partial charge is 0.240 e. The quantitative estimate of drug-likeness (QED) is 0.756. The molecule has 2 heterocycles. The van der Waals surface area contributed by atoms with Gasteiger partial charge in [0.15, 0.2) is 5.82 Å². The maximum Gasteiger partial charge on any atom is 0.240 e. The number of rotatable bonds is 6. The molecular formula is C16H17N3OS. The Balaban J connectivity index is 1.55. The van der Waals surface area contributed by atoms with Crippen molar-refractivity contribution in [3.8, 4) is 0 Å². The van der Waals surface area contributed by atoms with Crippen LogP contribution < -0.4 is 5.32 Å². The van der Waals surface area contributed by atoms with E-state index in [2.05, 4.69) is 52.0 Å². The van der Waals surface area contributed by atoms with Gasteiger partial charge in [0, 0.05) is 17.3 Å². The van der Waals surface area contributed by atoms with E-state index in [4.69, 9.17) is 4.52 Å². The summed E-state index contributed by atoms with van der Waals surface area (Å²) in [6.45, 7) is 2.72. The minimum absolute atomic E-state index is 0.287. The van der Waals surface area contributed by atoms with Crippen molar-refractivity contribution in [3.05, 3.63) is 70.0 Å². The first-order valence-electron chi connectivity index (χ1n) is 6.93. The van der Waals surface area contributed by atoms with Crippen molar-refractivity contribution in [1.29, 1.82) is 0 Å². The van der Waals surface area contributed by atoms with Crippen LogP contribution in [0.5, 0.6) is 0 Å². The second-order valence-electron chi connectivity index (χ2n) is 4.88. The van der Waals surface area contributed by atoms with E-state index in [-0.39, 0.29) is 6.04 Å². The molecule has 0 aliphatic carbocycles. The Bertz CT molecular complexity index is 664. The van der Waals surface area contributed by atoms with E-state index >= 15 is 0 Å². The Morgan fingerprint density at radius 3 is 2.81 bits per heavy atom. The van der Waals surface area contributed by atoms with Gasteiger partial charge in [-0.05, 0) is 23.9 Å². The van der Waals surface area contributed by atoms with Gasteiger partial charge in [-0.2, -0.15) is 4.98 Å². The highest BCUT2D eigenvalue weighted by Crippen LogP contribution is 2.18. The monoisotopic (exact) mass is 299 g/mol. The minimum atomic E-state index is 0.287. The van der Waals surface area contributed by atoms with Gasteiger partial charge in [-0.15, -0.1) is 11.3 Å². The Hall–Kier alpha value is -1.98. The predicted octanol–water partition coefficient (Wildman–Crippen LogP) is 3.57. The van der Waals surface area contributed by atoms with Crippen LogP contribution >= 0.6 is 11.3 Å². The topological polar surface area (TPSA) is 51.0 Å². The van der Waals surface area contributed by atoms with Gasteiger partial charge in [-0.25, -0.2) is 0 Å². The Morgan fingerprint density at radius 2 is 2.05 bits per heavy atom. The molecule has 0 saturated carbocycles. The molecule has 3 aromatic rings. The van der Waals surface area contributed by atoms with Gasteiger partial charge in [-0.3, -0.25) is 0 Å². The molecule has 21 heavy (non-hydrogen) atoms. The third-order valence-electron chi connectivity index (χ3n) is 3.24. The fourth-order valence-corrected chi connectivity index (χ4v) is 2.85. The van der Waals surface area contributed by atoms with Crippen LogP contribution in [0.25, 0.3) is 0 Å². The molecule has 1 N–H and O–H groups in total. The van der Waals surface area contributed by atoms with Crippen molar-refractivity contribution in [2.45, 2.75) is 25.9 Å². The molecule has 0 spiro atoms. The lowest BCUT2D eigenvalue weighted by Gasteiger charge is -2.09. The Labute approximate surface area is 127 Å². The van der Waals surface area contributed by atoms with Crippen LogP contribution in [0, 0.1) is 0 Å². The van der Waals surface area contributed by atoms with Gasteiger partial charge in [0.1, 0.15) is 0 Å². The van der Waals surface area contributed by atoms with E-state index in [1.165, 1.54) is 10.4 Å². The summed E-state index contributed by atoms with van der Waals surface area (Å²) in [5.41, 5.74) is 1.18. The fourth-order valence-electron chi connectivity index (χ4n) is 2.09. The summed E-state index contributed by atoms with van der Waals surface area (Å²) in [7, 11) is 0. The van der Waals surface area contributed by atoms with Crippen LogP contribution in [-0.4, -0.2) is 10.1 Å². The van der Waals surface area contributed by atoms with Gasteiger partial charge >= 0.3 is 0 Å². The third-order valence-corrected chi connectivity index (χ3v) is 4.30. The number of hydrogen-bond acceptors (Lipinski definition) is 5. The lowest BCUT2D eigenvalue weighted by molar-refractivity contribution is 0.357. The molecule has 1 aromatic carbocycles. The van der Waals surface area contributed by atoms with Crippen molar-refractivity contribution in [1.82, 2.24) is 15.5 Å². The lowest BCUT2D eigenvalue weighted by Crippen LogP contribution is -2.17. The molecule has 5 heteroatoms. The fraction of sp³-hybridized carbons (Fsp3) is 0.250. The average Bonchev–Trinajstić information content (AvgIpc) is 3.17. The zero-order valence-corrected chi connectivity index (χ0v) is 12.6. The van der Waals surface area contributed by atoms with Crippen molar-refractivity contribution >= 4 is 11.3 Å². The Morgan fingerprint density at radius 1 is 1.19 bits per heavy atom. The minimum Gasteiger partial charge on any atom is -0.338 e. The summed E-state index contributed by atoms with van der Waals surface area (Å²) < 4.78 is 5.28. The highest BCUT2D eigenvalue weighted by atomic mass is 32.1. The molecule has 0 radical (unpaired) electrons. The number of thiophene rings is 1. The van der Waals surface area contributed by atoms with Crippen LogP contribution in [-0.2, 0) is 13.0 Å². The third kappa shape index (κ3) is 3.77. The first-order valence-corrected chi connectivity index (χ1v) is 7.81. The molecular weight excluding hydrogens is 282 g/mol. The summed E-state index contributed by atoms with van der Waals surface area (Å²) >= 11 is 1.74. The van der Waals surface area contributed by atoms with E-state index in [0.29, 0.717) is 18.9 Å². The summed E-state index contributed by atoms with van der Waals surface area (Å²) in [6, 6.07) is 14.6. The number of nitrogens with zero attached hydrogens (tertiary/aromatic N) is 2. The Kier molecular flexibility index (Phi) is 4.43. The van der Waals surface area contributed by atoms with Crippen molar-refractivity contribution in [2.75, 3.05) is 0 Å². The maximum atomic E-state index is 5.28. The molecule has 1 atom stereocenters. The standard InChI is InChI=1S/C16H17N3OS/c1-12(14-8-5-9-21-14)17-11-16-18-15(19-20-16)10-13-6-3-2-4-7-13/h2-9,12,17H,10-11H2,1H3/t12-/m1/s1. The van der Waals surface area contributed by atoms with Gasteiger partial charge < -0.3 is 9.84 Å². The summed E-state index contributed by atoms with van der Waals surface area (Å²) in [6.07, 6.45) is 0.699. The first-order chi connectivity index (χ1) is 10.3. The van der Waals surface area contributed by atoms with Crippen molar-refractivity contribution in [3.63, 3.8) is 0 Å². The molecule has 4 nitrogen and oxygen atoms in total. The van der Waals surface area contributed by atoms with E-state index in [1.54, 1.807) is 11.3 Å². The molecule has 0 bridgehead atoms. The average molecular weight is 299 g/mol. The van der Waals surface area contributed by atoms with Crippen LogP contribution in [0.15, 0.2) is 52.4 Å². The normalized spacial score (nSPS) is 12.4.